The van der Waals surface area contributed by atoms with Crippen LogP contribution in [-0.4, -0.2) is 25.2 Å². The lowest BCUT2D eigenvalue weighted by atomic mass is 10.2. The summed E-state index contributed by atoms with van der Waals surface area (Å²) in [5.41, 5.74) is 0.970. The second-order valence-electron chi connectivity index (χ2n) is 7.89. The van der Waals surface area contributed by atoms with Crippen molar-refractivity contribution < 1.29 is 13.2 Å². The summed E-state index contributed by atoms with van der Waals surface area (Å²) in [6.45, 7) is -0.659. The molecule has 1 amide bonds. The zero-order valence-corrected chi connectivity index (χ0v) is 23.2. The number of nitrogens with zero attached hydrogens (tertiary/aromatic N) is 1. The molecule has 1 N–H and O–H groups in total. The third-order valence-electron chi connectivity index (χ3n) is 5.30. The minimum absolute atomic E-state index is 0.00657. The van der Waals surface area contributed by atoms with Gasteiger partial charge in [0, 0.05) is 37.0 Å². The number of carbonyl (C=O) groups excluding carboxylic acids is 1. The van der Waals surface area contributed by atoms with E-state index in [9.17, 15) is 13.2 Å². The molecule has 0 atom stereocenters. The van der Waals surface area contributed by atoms with Gasteiger partial charge in [-0.3, -0.25) is 4.79 Å². The van der Waals surface area contributed by atoms with Gasteiger partial charge in [0.25, 0.3) is 0 Å². The van der Waals surface area contributed by atoms with Crippen LogP contribution in [0.2, 0.25) is 15.1 Å². The van der Waals surface area contributed by atoms with Crippen LogP contribution in [-0.2, 0) is 21.4 Å². The summed E-state index contributed by atoms with van der Waals surface area (Å²) in [5.74, 6) is -0.512. The SMILES string of the molecule is O=C(CN(Cc1c(Cl)cccc1Cl)S(=O)(=O)c1ccc(Cl)cc1)Nc1ccccc1Sc1ccccc1. The highest BCUT2D eigenvalue weighted by molar-refractivity contribution is 7.99. The number of amides is 1. The van der Waals surface area contributed by atoms with Gasteiger partial charge >= 0.3 is 0 Å². The Morgan fingerprint density at radius 1 is 0.784 bits per heavy atom. The Kier molecular flexibility index (Phi) is 9.18. The van der Waals surface area contributed by atoms with Gasteiger partial charge in [-0.25, -0.2) is 8.42 Å². The summed E-state index contributed by atoms with van der Waals surface area (Å²) >= 11 is 20.1. The van der Waals surface area contributed by atoms with E-state index in [1.807, 2.05) is 42.5 Å². The summed E-state index contributed by atoms with van der Waals surface area (Å²) in [7, 11) is -4.10. The van der Waals surface area contributed by atoms with Crippen LogP contribution in [0.1, 0.15) is 5.56 Å². The van der Waals surface area contributed by atoms with Gasteiger partial charge in [0.1, 0.15) is 0 Å². The molecule has 37 heavy (non-hydrogen) atoms. The Hall–Kier alpha value is -2.52. The predicted molar refractivity (Wildman–Crippen MR) is 151 cm³/mol. The van der Waals surface area contributed by atoms with E-state index in [0.717, 1.165) is 14.1 Å². The van der Waals surface area contributed by atoms with Crippen molar-refractivity contribution in [3.63, 3.8) is 0 Å². The van der Waals surface area contributed by atoms with Crippen LogP contribution in [0.15, 0.2) is 112 Å². The van der Waals surface area contributed by atoms with Gasteiger partial charge < -0.3 is 5.32 Å². The van der Waals surface area contributed by atoms with E-state index < -0.39 is 22.5 Å². The smallest absolute Gasteiger partial charge is 0.243 e. The van der Waals surface area contributed by atoms with Crippen LogP contribution in [0, 0.1) is 0 Å². The van der Waals surface area contributed by atoms with E-state index in [4.69, 9.17) is 34.8 Å². The van der Waals surface area contributed by atoms with Crippen LogP contribution >= 0.6 is 46.6 Å². The maximum atomic E-state index is 13.6. The second-order valence-corrected chi connectivity index (χ2v) is 12.2. The molecule has 5 nitrogen and oxygen atoms in total. The maximum Gasteiger partial charge on any atom is 0.243 e. The number of rotatable bonds is 9. The molecule has 4 rings (SSSR count). The molecule has 0 bridgehead atoms. The number of hydrogen-bond acceptors (Lipinski definition) is 4. The molecular formula is C27H21Cl3N2O3S2. The molecule has 10 heteroatoms. The van der Waals surface area contributed by atoms with Gasteiger partial charge in [0.05, 0.1) is 17.1 Å². The standard InChI is InChI=1S/C27H21Cl3N2O3S2/c28-19-13-15-21(16-14-19)37(34,35)32(17-22-23(29)9-6-10-24(22)30)18-27(33)31-25-11-4-5-12-26(25)36-20-7-2-1-3-8-20/h1-16H,17-18H2,(H,31,33). The lowest BCUT2D eigenvalue weighted by Crippen LogP contribution is -2.37. The molecule has 0 spiro atoms. The molecule has 190 valence electrons. The molecular weight excluding hydrogens is 571 g/mol. The molecule has 0 unspecified atom stereocenters. The van der Waals surface area contributed by atoms with Gasteiger partial charge in [0.2, 0.25) is 15.9 Å². The maximum absolute atomic E-state index is 13.6. The third kappa shape index (κ3) is 7.08. The number of para-hydroxylation sites is 1. The van der Waals surface area contributed by atoms with E-state index in [1.165, 1.54) is 36.0 Å². The van der Waals surface area contributed by atoms with Crippen LogP contribution in [0.4, 0.5) is 5.69 Å². The zero-order chi connectivity index (χ0) is 26.4. The first-order valence-electron chi connectivity index (χ1n) is 11.0. The van der Waals surface area contributed by atoms with Crippen molar-refractivity contribution in [3.05, 3.63) is 118 Å². The van der Waals surface area contributed by atoms with Gasteiger partial charge in [-0.1, -0.05) is 83.0 Å². The number of anilines is 1. The Morgan fingerprint density at radius 2 is 1.41 bits per heavy atom. The molecule has 4 aromatic rings. The first kappa shape index (κ1) is 27.5. The van der Waals surface area contributed by atoms with Crippen molar-refractivity contribution in [2.75, 3.05) is 11.9 Å². The first-order valence-corrected chi connectivity index (χ1v) is 14.4. The predicted octanol–water partition coefficient (Wildman–Crippen LogP) is 7.63. The highest BCUT2D eigenvalue weighted by Gasteiger charge is 2.28. The number of carbonyl (C=O) groups is 1. The minimum Gasteiger partial charge on any atom is -0.324 e. The number of sulfonamides is 1. The van der Waals surface area contributed by atoms with E-state index >= 15 is 0 Å². The Bertz CT molecular complexity index is 1480. The van der Waals surface area contributed by atoms with Gasteiger partial charge in [-0.05, 0) is 60.7 Å². The van der Waals surface area contributed by atoms with Crippen molar-refractivity contribution in [3.8, 4) is 0 Å². The Morgan fingerprint density at radius 3 is 2.08 bits per heavy atom. The van der Waals surface area contributed by atoms with E-state index in [-0.39, 0.29) is 11.4 Å². The highest BCUT2D eigenvalue weighted by atomic mass is 35.5. The molecule has 0 aliphatic heterocycles. The average molecular weight is 592 g/mol. The monoisotopic (exact) mass is 590 g/mol. The topological polar surface area (TPSA) is 66.5 Å². The number of nitrogens with one attached hydrogen (secondary N) is 1. The van der Waals surface area contributed by atoms with Crippen LogP contribution in [0.5, 0.6) is 0 Å². The van der Waals surface area contributed by atoms with Gasteiger partial charge in [-0.2, -0.15) is 4.31 Å². The average Bonchev–Trinajstić information content (AvgIpc) is 2.87. The fourth-order valence-electron chi connectivity index (χ4n) is 3.47. The summed E-state index contributed by atoms with van der Waals surface area (Å²) in [6, 6.07) is 27.7. The number of benzene rings is 4. The highest BCUT2D eigenvalue weighted by Crippen LogP contribution is 2.33. The molecule has 0 heterocycles. The van der Waals surface area contributed by atoms with Crippen LogP contribution in [0.3, 0.4) is 0 Å². The van der Waals surface area contributed by atoms with Crippen molar-refractivity contribution in [1.29, 1.82) is 0 Å². The molecule has 0 saturated heterocycles. The lowest BCUT2D eigenvalue weighted by molar-refractivity contribution is -0.116. The first-order chi connectivity index (χ1) is 17.7. The van der Waals surface area contributed by atoms with Gasteiger partial charge in [0.15, 0.2) is 0 Å². The van der Waals surface area contributed by atoms with Crippen molar-refractivity contribution in [2.24, 2.45) is 0 Å². The Balaban J connectivity index is 1.62. The molecule has 4 aromatic carbocycles. The van der Waals surface area contributed by atoms with Crippen LogP contribution < -0.4 is 5.32 Å². The second kappa shape index (κ2) is 12.3. The van der Waals surface area contributed by atoms with Gasteiger partial charge in [-0.15, -0.1) is 0 Å². The molecule has 0 aliphatic rings. The summed E-state index contributed by atoms with van der Waals surface area (Å²) in [4.78, 5) is 15.0. The zero-order valence-electron chi connectivity index (χ0n) is 19.3. The molecule has 0 radical (unpaired) electrons. The van der Waals surface area contributed by atoms with Crippen molar-refractivity contribution in [1.82, 2.24) is 4.31 Å². The molecule has 0 aromatic heterocycles. The van der Waals surface area contributed by atoms with Crippen LogP contribution in [0.25, 0.3) is 0 Å². The fraction of sp³-hybridized carbons (Fsp3) is 0.0741. The molecule has 0 fully saturated rings. The normalized spacial score (nSPS) is 11.5. The fourth-order valence-corrected chi connectivity index (χ4v) is 6.40. The van der Waals surface area contributed by atoms with Crippen molar-refractivity contribution in [2.45, 2.75) is 21.2 Å². The summed E-state index contributed by atoms with van der Waals surface area (Å²) in [5, 5.41) is 3.85. The Labute approximate surface area is 235 Å². The minimum atomic E-state index is -4.10. The third-order valence-corrected chi connectivity index (χ3v) is 9.15. The lowest BCUT2D eigenvalue weighted by Gasteiger charge is -2.23. The largest absolute Gasteiger partial charge is 0.324 e. The number of hydrogen-bond donors (Lipinski definition) is 1. The summed E-state index contributed by atoms with van der Waals surface area (Å²) in [6.07, 6.45) is 0. The summed E-state index contributed by atoms with van der Waals surface area (Å²) < 4.78 is 28.2. The molecule has 0 saturated carbocycles. The van der Waals surface area contributed by atoms with Crippen molar-refractivity contribution >= 4 is 68.2 Å². The van der Waals surface area contributed by atoms with E-state index in [0.29, 0.717) is 26.3 Å². The number of halogens is 3. The van der Waals surface area contributed by atoms with E-state index in [2.05, 4.69) is 5.32 Å². The van der Waals surface area contributed by atoms with E-state index in [1.54, 1.807) is 30.3 Å². The molecule has 0 aliphatic carbocycles. The quantitative estimate of drug-likeness (QED) is 0.217.